The first kappa shape index (κ1) is 21.1. The van der Waals surface area contributed by atoms with E-state index < -0.39 is 29.3 Å². The van der Waals surface area contributed by atoms with E-state index in [9.17, 15) is 22.8 Å². The Kier molecular flexibility index (Phi) is 6.39. The fraction of sp³-hybridized carbons (Fsp3) is 0.476. The second kappa shape index (κ2) is 8.80. The molecule has 1 unspecified atom stereocenters. The summed E-state index contributed by atoms with van der Waals surface area (Å²) >= 11 is 0. The highest BCUT2D eigenvalue weighted by Gasteiger charge is 2.33. The van der Waals surface area contributed by atoms with Crippen LogP contribution in [0.25, 0.3) is 0 Å². The average Bonchev–Trinajstić information content (AvgIpc) is 3.19. The van der Waals surface area contributed by atoms with Gasteiger partial charge >= 0.3 is 12.1 Å². The van der Waals surface area contributed by atoms with Crippen LogP contribution in [0.15, 0.2) is 41.3 Å². The van der Waals surface area contributed by atoms with Gasteiger partial charge in [-0.2, -0.15) is 18.3 Å². The molecule has 0 amide bonds. The number of ether oxygens (including phenoxy) is 1. The Hall–Kier alpha value is -2.64. The number of benzene rings is 1. The largest absolute Gasteiger partial charge is 0.467 e. The van der Waals surface area contributed by atoms with Gasteiger partial charge < -0.3 is 4.74 Å². The Labute approximate surface area is 166 Å². The molecule has 5 nitrogen and oxygen atoms in total. The summed E-state index contributed by atoms with van der Waals surface area (Å²) in [5.74, 6) is -0.215. The van der Waals surface area contributed by atoms with Crippen molar-refractivity contribution in [2.24, 2.45) is 5.92 Å². The van der Waals surface area contributed by atoms with Crippen LogP contribution in [0.3, 0.4) is 0 Å². The van der Waals surface area contributed by atoms with E-state index in [1.807, 2.05) is 0 Å². The molecule has 0 N–H and O–H groups in total. The van der Waals surface area contributed by atoms with Gasteiger partial charge in [0.1, 0.15) is 0 Å². The maximum atomic E-state index is 13.2. The van der Waals surface area contributed by atoms with Gasteiger partial charge in [-0.05, 0) is 36.0 Å². The van der Waals surface area contributed by atoms with Gasteiger partial charge in [0.15, 0.2) is 6.04 Å². The van der Waals surface area contributed by atoms with Crippen molar-refractivity contribution in [3.63, 3.8) is 0 Å². The second-order valence-electron chi connectivity index (χ2n) is 7.40. The summed E-state index contributed by atoms with van der Waals surface area (Å²) in [6.07, 6.45) is 1.44. The zero-order valence-electron chi connectivity index (χ0n) is 16.1. The minimum absolute atomic E-state index is 0.0643. The van der Waals surface area contributed by atoms with Crippen molar-refractivity contribution in [3.8, 4) is 0 Å². The van der Waals surface area contributed by atoms with E-state index in [1.165, 1.54) is 37.6 Å². The van der Waals surface area contributed by atoms with Crippen molar-refractivity contribution in [1.82, 2.24) is 9.78 Å². The lowest BCUT2D eigenvalue weighted by molar-refractivity contribution is -0.145. The Bertz CT molecular complexity index is 918. The molecule has 1 aliphatic carbocycles. The molecule has 2 aromatic rings. The third-order valence-corrected chi connectivity index (χ3v) is 5.40. The van der Waals surface area contributed by atoms with Crippen LogP contribution in [0.5, 0.6) is 0 Å². The molecule has 156 valence electrons. The third-order valence-electron chi connectivity index (χ3n) is 5.40. The molecular weight excluding hydrogens is 385 g/mol. The molecule has 29 heavy (non-hydrogen) atoms. The molecule has 1 saturated carbocycles. The van der Waals surface area contributed by atoms with Gasteiger partial charge in [-0.1, -0.05) is 43.9 Å². The number of rotatable bonds is 6. The van der Waals surface area contributed by atoms with E-state index in [0.29, 0.717) is 17.9 Å². The maximum Gasteiger partial charge on any atom is 0.416 e. The molecule has 0 saturated heterocycles. The van der Waals surface area contributed by atoms with Gasteiger partial charge in [-0.15, -0.1) is 0 Å². The van der Waals surface area contributed by atoms with Crippen LogP contribution >= 0.6 is 0 Å². The lowest BCUT2D eigenvalue weighted by Crippen LogP contribution is -2.33. The summed E-state index contributed by atoms with van der Waals surface area (Å²) in [4.78, 5) is 24.9. The van der Waals surface area contributed by atoms with E-state index in [1.54, 1.807) is 0 Å². The van der Waals surface area contributed by atoms with Crippen LogP contribution in [0, 0.1) is 5.92 Å². The Morgan fingerprint density at radius 1 is 1.28 bits per heavy atom. The first-order valence-electron chi connectivity index (χ1n) is 9.60. The van der Waals surface area contributed by atoms with E-state index in [2.05, 4.69) is 5.10 Å². The quantitative estimate of drug-likeness (QED) is 0.674. The first-order chi connectivity index (χ1) is 13.8. The normalized spacial score (nSPS) is 16.0. The van der Waals surface area contributed by atoms with Gasteiger partial charge in [-0.3, -0.25) is 4.79 Å². The fourth-order valence-corrected chi connectivity index (χ4v) is 3.95. The fourth-order valence-electron chi connectivity index (χ4n) is 3.95. The predicted molar refractivity (Wildman–Crippen MR) is 100 cm³/mol. The van der Waals surface area contributed by atoms with Gasteiger partial charge in [-0.25, -0.2) is 9.48 Å². The van der Waals surface area contributed by atoms with Crippen molar-refractivity contribution in [2.75, 3.05) is 7.11 Å². The SMILES string of the molecule is COC(=O)C(CC1CCCC1)n1ncc(Cc2ccccc2C(F)(F)F)cc1=O. The van der Waals surface area contributed by atoms with Crippen molar-refractivity contribution in [2.45, 2.75) is 50.7 Å². The number of halogens is 3. The topological polar surface area (TPSA) is 61.2 Å². The van der Waals surface area contributed by atoms with Crippen LogP contribution in [0.1, 0.15) is 54.8 Å². The summed E-state index contributed by atoms with van der Waals surface area (Å²) in [7, 11) is 1.26. The molecule has 1 heterocycles. The van der Waals surface area contributed by atoms with Crippen LogP contribution in [0.4, 0.5) is 13.2 Å². The number of carbonyl (C=O) groups is 1. The van der Waals surface area contributed by atoms with Crippen molar-refractivity contribution < 1.29 is 22.7 Å². The van der Waals surface area contributed by atoms with E-state index >= 15 is 0 Å². The zero-order valence-corrected chi connectivity index (χ0v) is 16.1. The molecule has 1 aromatic heterocycles. The van der Waals surface area contributed by atoms with Crippen LogP contribution in [-0.4, -0.2) is 22.9 Å². The number of carbonyl (C=O) groups excluding carboxylic acids is 1. The average molecular weight is 408 g/mol. The smallest absolute Gasteiger partial charge is 0.416 e. The molecule has 0 bridgehead atoms. The number of aromatic nitrogens is 2. The highest BCUT2D eigenvalue weighted by molar-refractivity contribution is 5.73. The number of hydrogen-bond donors (Lipinski definition) is 0. The Balaban J connectivity index is 1.86. The predicted octanol–water partition coefficient (Wildman–Crippen LogP) is 4.15. The Morgan fingerprint density at radius 2 is 1.97 bits per heavy atom. The molecule has 0 radical (unpaired) electrons. The highest BCUT2D eigenvalue weighted by atomic mass is 19.4. The van der Waals surface area contributed by atoms with Crippen LogP contribution in [0.2, 0.25) is 0 Å². The van der Waals surface area contributed by atoms with Crippen molar-refractivity contribution in [1.29, 1.82) is 0 Å². The van der Waals surface area contributed by atoms with Crippen LogP contribution < -0.4 is 5.56 Å². The molecule has 0 aliphatic heterocycles. The monoisotopic (exact) mass is 408 g/mol. The van der Waals surface area contributed by atoms with E-state index in [-0.39, 0.29) is 12.0 Å². The minimum Gasteiger partial charge on any atom is -0.467 e. The summed E-state index contributed by atoms with van der Waals surface area (Å²) in [5.41, 5.74) is -0.847. The standard InChI is InChI=1S/C21H23F3N2O3/c1-29-20(28)18(11-14-6-2-3-7-14)26-19(27)12-15(13-25-26)10-16-8-4-5-9-17(16)21(22,23)24/h4-5,8-9,12-14,18H,2-3,6-7,10-11H2,1H3. The zero-order chi connectivity index (χ0) is 21.0. The second-order valence-corrected chi connectivity index (χ2v) is 7.40. The molecular formula is C21H23F3N2O3. The minimum atomic E-state index is -4.48. The summed E-state index contributed by atoms with van der Waals surface area (Å²) < 4.78 is 45.5. The lowest BCUT2D eigenvalue weighted by atomic mass is 9.98. The van der Waals surface area contributed by atoms with Crippen molar-refractivity contribution in [3.05, 3.63) is 63.6 Å². The van der Waals surface area contributed by atoms with Gasteiger partial charge in [0.25, 0.3) is 5.56 Å². The number of hydrogen-bond acceptors (Lipinski definition) is 4. The molecule has 1 fully saturated rings. The number of esters is 1. The number of methoxy groups -OCH3 is 1. The molecule has 1 atom stereocenters. The van der Waals surface area contributed by atoms with E-state index in [4.69, 9.17) is 4.74 Å². The van der Waals surface area contributed by atoms with Gasteiger partial charge in [0.05, 0.1) is 18.9 Å². The first-order valence-corrected chi connectivity index (χ1v) is 9.60. The molecule has 8 heteroatoms. The summed E-state index contributed by atoms with van der Waals surface area (Å²) in [5, 5.41) is 4.10. The molecule has 3 rings (SSSR count). The van der Waals surface area contributed by atoms with Crippen LogP contribution in [-0.2, 0) is 22.1 Å². The molecule has 1 aromatic carbocycles. The maximum absolute atomic E-state index is 13.2. The summed E-state index contributed by atoms with van der Waals surface area (Å²) in [6, 6.07) is 5.66. The Morgan fingerprint density at radius 3 is 2.59 bits per heavy atom. The van der Waals surface area contributed by atoms with Gasteiger partial charge in [0, 0.05) is 6.07 Å². The molecule has 0 spiro atoms. The van der Waals surface area contributed by atoms with E-state index in [0.717, 1.165) is 36.4 Å². The molecule has 1 aliphatic rings. The number of alkyl halides is 3. The lowest BCUT2D eigenvalue weighted by Gasteiger charge is -2.20. The highest BCUT2D eigenvalue weighted by Crippen LogP contribution is 2.33. The summed E-state index contributed by atoms with van der Waals surface area (Å²) in [6.45, 7) is 0. The van der Waals surface area contributed by atoms with Gasteiger partial charge in [0.2, 0.25) is 0 Å². The third kappa shape index (κ3) is 5.05. The number of nitrogens with zero attached hydrogens (tertiary/aromatic N) is 2. The van der Waals surface area contributed by atoms with Crippen molar-refractivity contribution >= 4 is 5.97 Å².